The summed E-state index contributed by atoms with van der Waals surface area (Å²) in [6.07, 6.45) is 2.97. The first-order chi connectivity index (χ1) is 12.0. The molecule has 0 aliphatic heterocycles. The first-order valence-corrected chi connectivity index (χ1v) is 8.25. The molecule has 0 saturated heterocycles. The zero-order valence-electron chi connectivity index (χ0n) is 14.1. The average molecular weight is 404 g/mol. The molecule has 0 bridgehead atoms. The minimum absolute atomic E-state index is 0.0740. The molecule has 0 aliphatic carbocycles. The number of halogens is 1. The monoisotopic (exact) mass is 403 g/mol. The Morgan fingerprint density at radius 1 is 1.12 bits per heavy atom. The van der Waals surface area contributed by atoms with Crippen LogP contribution in [0.3, 0.4) is 0 Å². The summed E-state index contributed by atoms with van der Waals surface area (Å²) >= 11 is 3.32. The van der Waals surface area contributed by atoms with Crippen molar-refractivity contribution in [2.24, 2.45) is 0 Å². The zero-order valence-corrected chi connectivity index (χ0v) is 15.7. The molecule has 0 fully saturated rings. The third-order valence-electron chi connectivity index (χ3n) is 3.57. The van der Waals surface area contributed by atoms with Crippen LogP contribution in [0, 0.1) is 0 Å². The summed E-state index contributed by atoms with van der Waals surface area (Å²) in [6.45, 7) is 0. The Bertz CT molecular complexity index is 878. The Balaban J connectivity index is 2.41. The molecule has 5 nitrogen and oxygen atoms in total. The summed E-state index contributed by atoms with van der Waals surface area (Å²) in [5, 5.41) is 2.80. The van der Waals surface area contributed by atoms with E-state index in [0.717, 1.165) is 0 Å². The first kappa shape index (κ1) is 18.7. The molecule has 6 heteroatoms. The van der Waals surface area contributed by atoms with E-state index in [9.17, 15) is 9.59 Å². The van der Waals surface area contributed by atoms with E-state index in [-0.39, 0.29) is 11.0 Å². The molecule has 0 heterocycles. The van der Waals surface area contributed by atoms with Crippen LogP contribution in [-0.2, 0) is 0 Å². The Labute approximate surface area is 154 Å². The van der Waals surface area contributed by atoms with Gasteiger partial charge in [0.15, 0.2) is 5.78 Å². The van der Waals surface area contributed by atoms with Gasteiger partial charge in [-0.15, -0.1) is 0 Å². The van der Waals surface area contributed by atoms with E-state index in [4.69, 9.17) is 9.47 Å². The molecule has 0 atom stereocenters. The first-order valence-electron chi connectivity index (χ1n) is 7.46. The Hall–Kier alpha value is -2.60. The Morgan fingerprint density at radius 2 is 1.88 bits per heavy atom. The van der Waals surface area contributed by atoms with Crippen molar-refractivity contribution in [2.45, 2.75) is 0 Å². The SMILES string of the molecule is CNc1ccc(Br)cc(C(=O)/C=C/c2ccc(OC)cc2OC)c1=O. The third-order valence-corrected chi connectivity index (χ3v) is 4.06. The summed E-state index contributed by atoms with van der Waals surface area (Å²) in [7, 11) is 4.74. The molecule has 2 aromatic carbocycles. The van der Waals surface area contributed by atoms with Crippen molar-refractivity contribution in [2.75, 3.05) is 26.6 Å². The van der Waals surface area contributed by atoms with Crippen molar-refractivity contribution in [1.29, 1.82) is 0 Å². The number of rotatable bonds is 6. The Kier molecular flexibility index (Phi) is 6.36. The van der Waals surface area contributed by atoms with Crippen molar-refractivity contribution >= 4 is 33.5 Å². The number of ether oxygens (including phenoxy) is 2. The maximum absolute atomic E-state index is 12.5. The lowest BCUT2D eigenvalue weighted by Gasteiger charge is -2.07. The van der Waals surface area contributed by atoms with E-state index < -0.39 is 5.78 Å². The van der Waals surface area contributed by atoms with E-state index in [0.29, 0.717) is 27.2 Å². The van der Waals surface area contributed by atoms with Crippen LogP contribution in [0.1, 0.15) is 15.9 Å². The fourth-order valence-electron chi connectivity index (χ4n) is 2.23. The van der Waals surface area contributed by atoms with E-state index in [2.05, 4.69) is 21.2 Å². The standard InChI is InChI=1S/C19H18BrNO4/c1-21-16-8-6-13(20)10-15(19(16)23)17(22)9-5-12-4-7-14(24-2)11-18(12)25-3/h4-11H,1-3H3,(H,21,23)/b9-5+. The van der Waals surface area contributed by atoms with Gasteiger partial charge in [-0.1, -0.05) is 15.9 Å². The van der Waals surface area contributed by atoms with Gasteiger partial charge in [-0.3, -0.25) is 9.59 Å². The van der Waals surface area contributed by atoms with Crippen LogP contribution in [0.2, 0.25) is 0 Å². The molecule has 2 rings (SSSR count). The average Bonchev–Trinajstić information content (AvgIpc) is 2.77. The van der Waals surface area contributed by atoms with Gasteiger partial charge in [-0.05, 0) is 42.5 Å². The van der Waals surface area contributed by atoms with Gasteiger partial charge in [0.1, 0.15) is 11.5 Å². The van der Waals surface area contributed by atoms with Gasteiger partial charge in [0, 0.05) is 23.2 Å². The van der Waals surface area contributed by atoms with Gasteiger partial charge in [0.2, 0.25) is 5.43 Å². The second-order valence-electron chi connectivity index (χ2n) is 5.07. The highest BCUT2D eigenvalue weighted by Gasteiger charge is 2.11. The number of carbonyl (C=O) groups is 1. The largest absolute Gasteiger partial charge is 0.497 e. The summed E-state index contributed by atoms with van der Waals surface area (Å²) < 4.78 is 11.1. The van der Waals surface area contributed by atoms with E-state index >= 15 is 0 Å². The smallest absolute Gasteiger partial charge is 0.212 e. The number of hydrogen-bond acceptors (Lipinski definition) is 5. The second-order valence-corrected chi connectivity index (χ2v) is 5.99. The fraction of sp³-hybridized carbons (Fsp3) is 0.158. The van der Waals surface area contributed by atoms with Crippen molar-refractivity contribution in [3.8, 4) is 11.5 Å². The zero-order chi connectivity index (χ0) is 18.4. The van der Waals surface area contributed by atoms with Gasteiger partial charge >= 0.3 is 0 Å². The van der Waals surface area contributed by atoms with Gasteiger partial charge in [-0.25, -0.2) is 0 Å². The molecule has 1 N–H and O–H groups in total. The summed E-state index contributed by atoms with van der Waals surface area (Å²) in [6, 6.07) is 10.1. The molecule has 25 heavy (non-hydrogen) atoms. The van der Waals surface area contributed by atoms with E-state index in [1.54, 1.807) is 50.6 Å². The predicted octanol–water partition coefficient (Wildman–Crippen LogP) is 3.76. The molecule has 0 spiro atoms. The van der Waals surface area contributed by atoms with Crippen LogP contribution in [-0.4, -0.2) is 27.1 Å². The van der Waals surface area contributed by atoms with Crippen LogP contribution in [0.4, 0.5) is 5.69 Å². The molecule has 0 unspecified atom stereocenters. The number of ketones is 1. The van der Waals surface area contributed by atoms with Gasteiger partial charge in [0.25, 0.3) is 0 Å². The molecule has 0 radical (unpaired) electrons. The minimum atomic E-state index is -0.392. The molecule has 0 aromatic heterocycles. The molecular weight excluding hydrogens is 386 g/mol. The second kappa shape index (κ2) is 8.48. The van der Waals surface area contributed by atoms with Crippen molar-refractivity contribution < 1.29 is 14.3 Å². The van der Waals surface area contributed by atoms with Gasteiger partial charge in [-0.2, -0.15) is 0 Å². The lowest BCUT2D eigenvalue weighted by molar-refractivity contribution is 0.104. The molecule has 130 valence electrons. The van der Waals surface area contributed by atoms with Crippen LogP contribution in [0.15, 0.2) is 51.7 Å². The highest BCUT2D eigenvalue weighted by Crippen LogP contribution is 2.25. The topological polar surface area (TPSA) is 64.6 Å². The lowest BCUT2D eigenvalue weighted by atomic mass is 10.1. The maximum atomic E-state index is 12.5. The van der Waals surface area contributed by atoms with Crippen molar-refractivity contribution in [3.05, 3.63) is 68.3 Å². The molecule has 0 aliphatic rings. The predicted molar refractivity (Wildman–Crippen MR) is 103 cm³/mol. The Morgan fingerprint density at radius 3 is 2.52 bits per heavy atom. The summed E-state index contributed by atoms with van der Waals surface area (Å²) in [5.74, 6) is 0.831. The fourth-order valence-corrected chi connectivity index (χ4v) is 2.59. The van der Waals surface area contributed by atoms with Crippen LogP contribution >= 0.6 is 15.9 Å². The number of nitrogens with one attached hydrogen (secondary N) is 1. The summed E-state index contributed by atoms with van der Waals surface area (Å²) in [5.41, 5.74) is 0.774. The van der Waals surface area contributed by atoms with Gasteiger partial charge in [0.05, 0.1) is 25.5 Å². The third kappa shape index (κ3) is 4.48. The lowest BCUT2D eigenvalue weighted by Crippen LogP contribution is -2.14. The maximum Gasteiger partial charge on any atom is 0.212 e. The van der Waals surface area contributed by atoms with Crippen LogP contribution in [0.25, 0.3) is 6.08 Å². The van der Waals surface area contributed by atoms with E-state index in [1.807, 2.05) is 0 Å². The van der Waals surface area contributed by atoms with Crippen molar-refractivity contribution in [1.82, 2.24) is 0 Å². The minimum Gasteiger partial charge on any atom is -0.497 e. The molecule has 0 saturated carbocycles. The normalized spacial score (nSPS) is 10.6. The van der Waals surface area contributed by atoms with Gasteiger partial charge < -0.3 is 14.8 Å². The number of benzene rings is 1. The van der Waals surface area contributed by atoms with Crippen LogP contribution in [0.5, 0.6) is 11.5 Å². The summed E-state index contributed by atoms with van der Waals surface area (Å²) in [4.78, 5) is 25.0. The quantitative estimate of drug-likeness (QED) is 0.587. The molecule has 2 aromatic rings. The number of anilines is 1. The van der Waals surface area contributed by atoms with Crippen LogP contribution < -0.4 is 20.2 Å². The van der Waals surface area contributed by atoms with E-state index in [1.165, 1.54) is 19.3 Å². The van der Waals surface area contributed by atoms with Crippen molar-refractivity contribution in [3.63, 3.8) is 0 Å². The number of methoxy groups -OCH3 is 2. The molecular formula is C19H18BrNO4. The number of hydrogen-bond donors (Lipinski definition) is 1. The highest BCUT2D eigenvalue weighted by atomic mass is 79.9. The highest BCUT2D eigenvalue weighted by molar-refractivity contribution is 9.10. The number of carbonyl (C=O) groups excluding carboxylic acids is 1. The number of allylic oxidation sites excluding steroid dienone is 1. The molecule has 0 amide bonds.